The van der Waals surface area contributed by atoms with Gasteiger partial charge in [-0.2, -0.15) is 5.26 Å². The normalized spacial score (nSPS) is 11.3. The molecule has 0 atom stereocenters. The molecular formula is C22H12F2N2O2S. The van der Waals surface area contributed by atoms with Crippen LogP contribution in [0, 0.1) is 23.0 Å². The van der Waals surface area contributed by atoms with E-state index < -0.39 is 21.5 Å². The Morgan fingerprint density at radius 1 is 0.931 bits per heavy atom. The molecule has 0 saturated heterocycles. The number of sulfone groups is 1. The van der Waals surface area contributed by atoms with Gasteiger partial charge in [-0.15, -0.1) is 0 Å². The Labute approximate surface area is 165 Å². The van der Waals surface area contributed by atoms with Gasteiger partial charge in [-0.1, -0.05) is 24.3 Å². The smallest absolute Gasteiger partial charge is 0.208 e. The largest absolute Gasteiger partial charge is 0.255 e. The zero-order valence-corrected chi connectivity index (χ0v) is 15.6. The molecule has 142 valence electrons. The summed E-state index contributed by atoms with van der Waals surface area (Å²) in [6.07, 6.45) is 1.10. The van der Waals surface area contributed by atoms with Gasteiger partial charge in [0.2, 0.25) is 9.84 Å². The number of benzene rings is 3. The summed E-state index contributed by atoms with van der Waals surface area (Å²) in [5, 5.41) is 9.39. The van der Waals surface area contributed by atoms with Gasteiger partial charge in [-0.25, -0.2) is 17.2 Å². The van der Waals surface area contributed by atoms with Crippen LogP contribution in [0.3, 0.4) is 0 Å². The van der Waals surface area contributed by atoms with Crippen molar-refractivity contribution in [3.8, 4) is 17.2 Å². The summed E-state index contributed by atoms with van der Waals surface area (Å²) in [7, 11) is -4.14. The van der Waals surface area contributed by atoms with Crippen molar-refractivity contribution in [2.45, 2.75) is 9.79 Å². The third-order valence-corrected chi connectivity index (χ3v) is 6.27. The molecule has 0 fully saturated rings. The molecule has 4 rings (SSSR count). The van der Waals surface area contributed by atoms with Crippen molar-refractivity contribution in [1.82, 2.24) is 4.98 Å². The van der Waals surface area contributed by atoms with E-state index in [-0.39, 0.29) is 32.0 Å². The SMILES string of the molecule is N#Cc1cccc(S(=O)(=O)c2cnc3cc(F)ccc3c2-c2ccccc2F)c1. The maximum absolute atomic E-state index is 14.6. The van der Waals surface area contributed by atoms with E-state index in [1.54, 1.807) is 6.07 Å². The third-order valence-electron chi connectivity index (χ3n) is 4.50. The Balaban J connectivity index is 2.10. The van der Waals surface area contributed by atoms with Crippen LogP contribution in [0.4, 0.5) is 8.78 Å². The second-order valence-electron chi connectivity index (χ2n) is 6.28. The zero-order chi connectivity index (χ0) is 20.6. The van der Waals surface area contributed by atoms with Crippen LogP contribution in [0.1, 0.15) is 5.56 Å². The highest BCUT2D eigenvalue weighted by Crippen LogP contribution is 2.37. The molecule has 0 aliphatic carbocycles. The van der Waals surface area contributed by atoms with Crippen molar-refractivity contribution in [3.63, 3.8) is 0 Å². The summed E-state index contributed by atoms with van der Waals surface area (Å²) < 4.78 is 55.1. The Hall–Kier alpha value is -3.63. The maximum atomic E-state index is 14.6. The molecule has 0 bridgehead atoms. The van der Waals surface area contributed by atoms with Gasteiger partial charge in [0.1, 0.15) is 11.6 Å². The van der Waals surface area contributed by atoms with Gasteiger partial charge < -0.3 is 0 Å². The summed E-state index contributed by atoms with van der Waals surface area (Å²) in [5.74, 6) is -1.16. The average molecular weight is 406 g/mol. The van der Waals surface area contributed by atoms with Crippen molar-refractivity contribution in [3.05, 3.63) is 90.1 Å². The van der Waals surface area contributed by atoms with Gasteiger partial charge >= 0.3 is 0 Å². The molecular weight excluding hydrogens is 394 g/mol. The first-order valence-corrected chi connectivity index (χ1v) is 9.98. The number of nitriles is 1. The van der Waals surface area contributed by atoms with Crippen LogP contribution >= 0.6 is 0 Å². The molecule has 29 heavy (non-hydrogen) atoms. The Bertz CT molecular complexity index is 1410. The molecule has 4 aromatic rings. The van der Waals surface area contributed by atoms with E-state index in [2.05, 4.69) is 4.98 Å². The number of rotatable bonds is 3. The van der Waals surface area contributed by atoms with Crippen LogP contribution in [0.15, 0.2) is 82.7 Å². The van der Waals surface area contributed by atoms with Crippen LogP contribution in [-0.4, -0.2) is 13.4 Å². The summed E-state index contributed by atoms with van der Waals surface area (Å²) in [6, 6.07) is 16.9. The Morgan fingerprint density at radius 3 is 2.48 bits per heavy atom. The highest BCUT2D eigenvalue weighted by molar-refractivity contribution is 7.91. The molecule has 0 N–H and O–H groups in total. The number of hydrogen-bond acceptors (Lipinski definition) is 4. The minimum Gasteiger partial charge on any atom is -0.255 e. The lowest BCUT2D eigenvalue weighted by molar-refractivity contribution is 0.596. The molecule has 7 heteroatoms. The third kappa shape index (κ3) is 3.24. The van der Waals surface area contributed by atoms with Gasteiger partial charge in [0.15, 0.2) is 0 Å². The molecule has 0 radical (unpaired) electrons. The van der Waals surface area contributed by atoms with E-state index in [0.717, 1.165) is 12.3 Å². The maximum Gasteiger partial charge on any atom is 0.208 e. The van der Waals surface area contributed by atoms with Gasteiger partial charge in [0.05, 0.1) is 26.9 Å². The van der Waals surface area contributed by atoms with E-state index in [4.69, 9.17) is 5.26 Å². The Morgan fingerprint density at radius 2 is 1.72 bits per heavy atom. The summed E-state index contributed by atoms with van der Waals surface area (Å²) in [4.78, 5) is 3.75. The van der Waals surface area contributed by atoms with E-state index in [1.165, 1.54) is 54.6 Å². The number of fused-ring (bicyclic) bond motifs is 1. The van der Waals surface area contributed by atoms with Crippen LogP contribution in [0.25, 0.3) is 22.0 Å². The molecule has 0 unspecified atom stereocenters. The van der Waals surface area contributed by atoms with E-state index in [1.807, 2.05) is 6.07 Å². The van der Waals surface area contributed by atoms with Crippen molar-refractivity contribution in [2.24, 2.45) is 0 Å². The number of hydrogen-bond donors (Lipinski definition) is 0. The molecule has 0 aliphatic rings. The van der Waals surface area contributed by atoms with Crippen LogP contribution in [0.5, 0.6) is 0 Å². The monoisotopic (exact) mass is 406 g/mol. The second-order valence-corrected chi connectivity index (χ2v) is 8.20. The lowest BCUT2D eigenvalue weighted by atomic mass is 10.0. The number of halogens is 2. The molecule has 3 aromatic carbocycles. The quantitative estimate of drug-likeness (QED) is 0.486. The molecule has 4 nitrogen and oxygen atoms in total. The van der Waals surface area contributed by atoms with E-state index in [9.17, 15) is 17.2 Å². The second kappa shape index (κ2) is 7.08. The highest BCUT2D eigenvalue weighted by atomic mass is 32.2. The average Bonchev–Trinajstić information content (AvgIpc) is 2.73. The fourth-order valence-corrected chi connectivity index (χ4v) is 4.63. The van der Waals surface area contributed by atoms with Crippen LogP contribution in [-0.2, 0) is 9.84 Å². The molecule has 0 amide bonds. The van der Waals surface area contributed by atoms with Crippen LogP contribution in [0.2, 0.25) is 0 Å². The van der Waals surface area contributed by atoms with Gasteiger partial charge in [-0.05, 0) is 36.4 Å². The van der Waals surface area contributed by atoms with Crippen molar-refractivity contribution in [1.29, 1.82) is 5.26 Å². The van der Waals surface area contributed by atoms with Crippen molar-refractivity contribution < 1.29 is 17.2 Å². The summed E-state index contributed by atoms with van der Waals surface area (Å²) >= 11 is 0. The number of pyridine rings is 1. The molecule has 0 saturated carbocycles. The lowest BCUT2D eigenvalue weighted by Crippen LogP contribution is -2.06. The first-order valence-electron chi connectivity index (χ1n) is 8.50. The number of aromatic nitrogens is 1. The van der Waals surface area contributed by atoms with Gasteiger partial charge in [-0.3, -0.25) is 4.98 Å². The van der Waals surface area contributed by atoms with E-state index in [0.29, 0.717) is 5.39 Å². The van der Waals surface area contributed by atoms with Crippen LogP contribution < -0.4 is 0 Å². The Kier molecular flexibility index (Phi) is 4.57. The summed E-state index contributed by atoms with van der Waals surface area (Å²) in [6.45, 7) is 0. The topological polar surface area (TPSA) is 70.8 Å². The summed E-state index contributed by atoms with van der Waals surface area (Å²) in [5.41, 5.74) is 0.527. The number of nitrogens with zero attached hydrogens (tertiary/aromatic N) is 2. The zero-order valence-electron chi connectivity index (χ0n) is 14.8. The van der Waals surface area contributed by atoms with Gasteiger partial charge in [0.25, 0.3) is 0 Å². The minimum absolute atomic E-state index is 0.0570. The standard InChI is InChI=1S/C22H12F2N2O2S/c23-15-8-9-18-20(11-15)26-13-21(22(18)17-6-1-2-7-19(17)24)29(27,28)16-5-3-4-14(10-16)12-25/h1-11,13H. The van der Waals surface area contributed by atoms with Gasteiger partial charge in [0, 0.05) is 28.8 Å². The fourth-order valence-electron chi connectivity index (χ4n) is 3.15. The molecule has 0 spiro atoms. The van der Waals surface area contributed by atoms with Crippen molar-refractivity contribution in [2.75, 3.05) is 0 Å². The molecule has 0 aliphatic heterocycles. The molecule has 1 heterocycles. The molecule has 1 aromatic heterocycles. The minimum atomic E-state index is -4.14. The van der Waals surface area contributed by atoms with Crippen molar-refractivity contribution >= 4 is 20.7 Å². The first-order chi connectivity index (χ1) is 13.9. The highest BCUT2D eigenvalue weighted by Gasteiger charge is 2.26. The first kappa shape index (κ1) is 18.7. The van der Waals surface area contributed by atoms with E-state index >= 15 is 0 Å². The lowest BCUT2D eigenvalue weighted by Gasteiger charge is -2.14. The fraction of sp³-hybridized carbons (Fsp3) is 0. The predicted octanol–water partition coefficient (Wildman–Crippen LogP) is 4.88. The predicted molar refractivity (Wildman–Crippen MR) is 104 cm³/mol.